The molecule has 2 aliphatic rings. The second-order valence-electron chi connectivity index (χ2n) is 3.27. The second-order valence-corrected chi connectivity index (χ2v) is 3.27. The van der Waals surface area contributed by atoms with Gasteiger partial charge in [0, 0.05) is 13.2 Å². The number of rotatable bonds is 1. The van der Waals surface area contributed by atoms with Gasteiger partial charge < -0.3 is 9.47 Å². The molecule has 2 saturated heterocycles. The van der Waals surface area contributed by atoms with Crippen LogP contribution in [0.25, 0.3) is 0 Å². The molecule has 2 nitrogen and oxygen atoms in total. The fraction of sp³-hybridized carbons (Fsp3) is 0.889. The highest BCUT2D eigenvalue weighted by Crippen LogP contribution is 2.23. The molecule has 0 saturated carbocycles. The SMILES string of the molecule is [CH]1CCOC(C2CCCO2)C1. The van der Waals surface area contributed by atoms with Crippen LogP contribution in [0.3, 0.4) is 0 Å². The molecule has 11 heavy (non-hydrogen) atoms. The van der Waals surface area contributed by atoms with E-state index in [1.165, 1.54) is 12.8 Å². The maximum Gasteiger partial charge on any atom is 0.0839 e. The molecule has 2 atom stereocenters. The van der Waals surface area contributed by atoms with Crippen LogP contribution in [-0.2, 0) is 9.47 Å². The normalized spacial score (nSPS) is 39.3. The molecule has 0 amide bonds. The Morgan fingerprint density at radius 1 is 1.09 bits per heavy atom. The fourth-order valence-electron chi connectivity index (χ4n) is 1.81. The van der Waals surface area contributed by atoms with Crippen LogP contribution in [0.4, 0.5) is 0 Å². The average molecular weight is 155 g/mol. The van der Waals surface area contributed by atoms with Gasteiger partial charge >= 0.3 is 0 Å². The third kappa shape index (κ3) is 1.74. The quantitative estimate of drug-likeness (QED) is 0.572. The lowest BCUT2D eigenvalue weighted by atomic mass is 10.0. The summed E-state index contributed by atoms with van der Waals surface area (Å²) in [7, 11) is 0. The Labute approximate surface area is 67.9 Å². The van der Waals surface area contributed by atoms with E-state index >= 15 is 0 Å². The summed E-state index contributed by atoms with van der Waals surface area (Å²) in [6.45, 7) is 1.83. The number of hydrogen-bond acceptors (Lipinski definition) is 2. The van der Waals surface area contributed by atoms with Gasteiger partial charge in [0.2, 0.25) is 0 Å². The van der Waals surface area contributed by atoms with Gasteiger partial charge in [0.05, 0.1) is 12.2 Å². The molecule has 0 aromatic rings. The minimum absolute atomic E-state index is 0.367. The van der Waals surface area contributed by atoms with Crippen molar-refractivity contribution in [3.8, 4) is 0 Å². The van der Waals surface area contributed by atoms with Crippen molar-refractivity contribution >= 4 is 0 Å². The third-order valence-electron chi connectivity index (χ3n) is 2.43. The molecule has 2 heterocycles. The molecule has 0 aromatic heterocycles. The van der Waals surface area contributed by atoms with Crippen LogP contribution in [0, 0.1) is 6.42 Å². The minimum atomic E-state index is 0.367. The summed E-state index contributed by atoms with van der Waals surface area (Å²) in [6, 6.07) is 0. The standard InChI is InChI=1S/C9H15O2/c1-2-6-10-8(4-1)9-5-3-7-11-9/h1,8-9H,2-7H2. The molecule has 1 radical (unpaired) electrons. The van der Waals surface area contributed by atoms with Crippen LogP contribution >= 0.6 is 0 Å². The molecule has 0 aliphatic carbocycles. The zero-order chi connectivity index (χ0) is 7.52. The van der Waals surface area contributed by atoms with Crippen LogP contribution in [-0.4, -0.2) is 25.4 Å². The van der Waals surface area contributed by atoms with Crippen LogP contribution in [0.1, 0.15) is 25.7 Å². The molecule has 2 rings (SSSR count). The van der Waals surface area contributed by atoms with Gasteiger partial charge in [-0.25, -0.2) is 0 Å². The van der Waals surface area contributed by atoms with E-state index in [9.17, 15) is 0 Å². The Morgan fingerprint density at radius 2 is 2.00 bits per heavy atom. The van der Waals surface area contributed by atoms with E-state index in [1.54, 1.807) is 0 Å². The van der Waals surface area contributed by atoms with E-state index in [1.807, 2.05) is 0 Å². The molecule has 0 aromatic carbocycles. The molecule has 2 unspecified atom stereocenters. The monoisotopic (exact) mass is 155 g/mol. The summed E-state index contributed by atoms with van der Waals surface area (Å²) < 4.78 is 11.2. The smallest absolute Gasteiger partial charge is 0.0839 e. The average Bonchev–Trinajstić information content (AvgIpc) is 2.58. The molecular formula is C9H15O2. The number of hydrogen-bond donors (Lipinski definition) is 0. The Morgan fingerprint density at radius 3 is 2.64 bits per heavy atom. The van der Waals surface area contributed by atoms with Crippen molar-refractivity contribution < 1.29 is 9.47 Å². The summed E-state index contributed by atoms with van der Waals surface area (Å²) in [6.07, 6.45) is 7.69. The van der Waals surface area contributed by atoms with Crippen LogP contribution in [0.15, 0.2) is 0 Å². The summed E-state index contributed by atoms with van der Waals surface area (Å²) >= 11 is 0. The van der Waals surface area contributed by atoms with Crippen molar-refractivity contribution in [2.24, 2.45) is 0 Å². The molecule has 2 fully saturated rings. The Bertz CT molecular complexity index is 113. The van der Waals surface area contributed by atoms with Gasteiger partial charge in [-0.05, 0) is 32.1 Å². The van der Waals surface area contributed by atoms with Crippen molar-refractivity contribution in [3.05, 3.63) is 6.42 Å². The van der Waals surface area contributed by atoms with E-state index in [0.717, 1.165) is 26.1 Å². The largest absolute Gasteiger partial charge is 0.376 e. The van der Waals surface area contributed by atoms with Gasteiger partial charge in [-0.3, -0.25) is 0 Å². The van der Waals surface area contributed by atoms with E-state index in [0.29, 0.717) is 12.2 Å². The molecule has 0 bridgehead atoms. The van der Waals surface area contributed by atoms with Crippen LogP contribution in [0.2, 0.25) is 0 Å². The Kier molecular flexibility index (Phi) is 2.44. The first-order valence-electron chi connectivity index (χ1n) is 4.52. The van der Waals surface area contributed by atoms with Crippen molar-refractivity contribution in [1.29, 1.82) is 0 Å². The lowest BCUT2D eigenvalue weighted by Gasteiger charge is -2.26. The summed E-state index contributed by atoms with van der Waals surface area (Å²) in [4.78, 5) is 0. The van der Waals surface area contributed by atoms with E-state index in [2.05, 4.69) is 6.42 Å². The van der Waals surface area contributed by atoms with Gasteiger partial charge in [-0.2, -0.15) is 0 Å². The minimum Gasteiger partial charge on any atom is -0.376 e. The highest BCUT2D eigenvalue weighted by Gasteiger charge is 2.27. The van der Waals surface area contributed by atoms with Crippen molar-refractivity contribution in [2.45, 2.75) is 37.9 Å². The van der Waals surface area contributed by atoms with Gasteiger partial charge in [-0.15, -0.1) is 0 Å². The van der Waals surface area contributed by atoms with Crippen molar-refractivity contribution in [1.82, 2.24) is 0 Å². The Hall–Kier alpha value is -0.0800. The molecular weight excluding hydrogens is 140 g/mol. The maximum absolute atomic E-state index is 5.61. The predicted octanol–water partition coefficient (Wildman–Crippen LogP) is 1.55. The van der Waals surface area contributed by atoms with Crippen molar-refractivity contribution in [2.75, 3.05) is 13.2 Å². The molecule has 0 N–H and O–H groups in total. The first-order valence-corrected chi connectivity index (χ1v) is 4.52. The number of ether oxygens (including phenoxy) is 2. The fourth-order valence-corrected chi connectivity index (χ4v) is 1.81. The highest BCUT2D eigenvalue weighted by atomic mass is 16.5. The van der Waals surface area contributed by atoms with Crippen LogP contribution in [0.5, 0.6) is 0 Å². The van der Waals surface area contributed by atoms with Gasteiger partial charge in [0.15, 0.2) is 0 Å². The summed E-state index contributed by atoms with van der Waals surface area (Å²) in [5, 5.41) is 0. The first kappa shape index (κ1) is 7.56. The first-order chi connectivity index (χ1) is 5.47. The second kappa shape index (κ2) is 3.55. The molecule has 2 aliphatic heterocycles. The Balaban J connectivity index is 1.82. The van der Waals surface area contributed by atoms with E-state index in [4.69, 9.17) is 9.47 Å². The van der Waals surface area contributed by atoms with Gasteiger partial charge in [-0.1, -0.05) is 0 Å². The summed E-state index contributed by atoms with van der Waals surface area (Å²) in [5.41, 5.74) is 0. The third-order valence-corrected chi connectivity index (χ3v) is 2.43. The van der Waals surface area contributed by atoms with Gasteiger partial charge in [0.25, 0.3) is 0 Å². The van der Waals surface area contributed by atoms with Gasteiger partial charge in [0.1, 0.15) is 0 Å². The van der Waals surface area contributed by atoms with Crippen LogP contribution < -0.4 is 0 Å². The highest BCUT2D eigenvalue weighted by molar-refractivity contribution is 4.83. The zero-order valence-electron chi connectivity index (χ0n) is 6.79. The predicted molar refractivity (Wildman–Crippen MR) is 42.2 cm³/mol. The molecule has 2 heteroatoms. The van der Waals surface area contributed by atoms with Crippen molar-refractivity contribution in [3.63, 3.8) is 0 Å². The summed E-state index contributed by atoms with van der Waals surface area (Å²) in [5.74, 6) is 0. The lowest BCUT2D eigenvalue weighted by Crippen LogP contribution is -2.31. The molecule has 63 valence electrons. The lowest BCUT2D eigenvalue weighted by molar-refractivity contribution is -0.0594. The zero-order valence-corrected chi connectivity index (χ0v) is 6.79. The van der Waals surface area contributed by atoms with E-state index in [-0.39, 0.29) is 0 Å². The maximum atomic E-state index is 5.61. The van der Waals surface area contributed by atoms with E-state index < -0.39 is 0 Å². The topological polar surface area (TPSA) is 18.5 Å². The molecule has 0 spiro atoms.